The number of benzene rings is 2. The van der Waals surface area contributed by atoms with Crippen molar-refractivity contribution in [3.8, 4) is 5.75 Å². The molecular formula is C19H19FN4O2. The molecule has 26 heavy (non-hydrogen) atoms. The van der Waals surface area contributed by atoms with E-state index >= 15 is 0 Å². The highest BCUT2D eigenvalue weighted by molar-refractivity contribution is 5.92. The number of hydrogen-bond acceptors (Lipinski definition) is 4. The largest absolute Gasteiger partial charge is 0.494 e. The van der Waals surface area contributed by atoms with Crippen molar-refractivity contribution in [1.82, 2.24) is 20.3 Å². The Morgan fingerprint density at radius 1 is 1.27 bits per heavy atom. The molecule has 1 amide bonds. The molecule has 0 aliphatic carbocycles. The maximum atomic E-state index is 13.8. The Morgan fingerprint density at radius 2 is 2.04 bits per heavy atom. The van der Waals surface area contributed by atoms with Crippen LogP contribution in [0, 0.1) is 5.82 Å². The van der Waals surface area contributed by atoms with Gasteiger partial charge < -0.3 is 10.1 Å². The Labute approximate surface area is 150 Å². The van der Waals surface area contributed by atoms with Gasteiger partial charge in [0.15, 0.2) is 17.3 Å². The van der Waals surface area contributed by atoms with Crippen molar-refractivity contribution in [1.29, 1.82) is 0 Å². The van der Waals surface area contributed by atoms with Gasteiger partial charge in [0.25, 0.3) is 5.91 Å². The van der Waals surface area contributed by atoms with Crippen molar-refractivity contribution in [2.24, 2.45) is 0 Å². The number of halogens is 1. The lowest BCUT2D eigenvalue weighted by Gasteiger charge is -2.14. The number of amides is 1. The fraction of sp³-hybridized carbons (Fsp3) is 0.211. The zero-order valence-corrected chi connectivity index (χ0v) is 14.5. The smallest absolute Gasteiger partial charge is 0.273 e. The molecule has 0 saturated heterocycles. The molecular weight excluding hydrogens is 335 g/mol. The van der Waals surface area contributed by atoms with E-state index in [-0.39, 0.29) is 23.4 Å². The van der Waals surface area contributed by atoms with Gasteiger partial charge in [0.05, 0.1) is 25.9 Å². The highest BCUT2D eigenvalue weighted by Crippen LogP contribution is 2.21. The predicted octanol–water partition coefficient (Wildman–Crippen LogP) is 2.97. The number of aromatic nitrogens is 3. The summed E-state index contributed by atoms with van der Waals surface area (Å²) >= 11 is 0. The second kappa shape index (κ2) is 7.77. The van der Waals surface area contributed by atoms with Gasteiger partial charge >= 0.3 is 0 Å². The molecule has 0 spiro atoms. The van der Waals surface area contributed by atoms with Gasteiger partial charge in [-0.2, -0.15) is 0 Å². The molecule has 1 N–H and O–H groups in total. The maximum Gasteiger partial charge on any atom is 0.273 e. The van der Waals surface area contributed by atoms with Crippen LogP contribution < -0.4 is 10.1 Å². The van der Waals surface area contributed by atoms with E-state index in [2.05, 4.69) is 15.6 Å². The van der Waals surface area contributed by atoms with Gasteiger partial charge in [-0.3, -0.25) is 4.79 Å². The first kappa shape index (κ1) is 17.6. The van der Waals surface area contributed by atoms with E-state index in [4.69, 9.17) is 4.74 Å². The first-order valence-electron chi connectivity index (χ1n) is 8.15. The standard InChI is InChI=1S/C19H19FN4O2/c1-13(15-8-9-18(26-2)16(20)10-15)21-19(25)17-12-24(23-22-17)11-14-6-4-3-5-7-14/h3-10,12-13H,11H2,1-2H3,(H,21,25)/t13-/m0/s1. The lowest BCUT2D eigenvalue weighted by Crippen LogP contribution is -2.27. The molecule has 134 valence electrons. The fourth-order valence-electron chi connectivity index (χ4n) is 2.56. The third kappa shape index (κ3) is 4.05. The molecule has 0 aliphatic heterocycles. The molecule has 3 aromatic rings. The van der Waals surface area contributed by atoms with E-state index in [1.165, 1.54) is 19.2 Å². The van der Waals surface area contributed by atoms with Gasteiger partial charge in [0, 0.05) is 0 Å². The zero-order chi connectivity index (χ0) is 18.5. The normalized spacial score (nSPS) is 11.8. The van der Waals surface area contributed by atoms with Crippen LogP contribution in [0.5, 0.6) is 5.75 Å². The van der Waals surface area contributed by atoms with E-state index in [0.29, 0.717) is 12.1 Å². The lowest BCUT2D eigenvalue weighted by molar-refractivity contribution is 0.0934. The summed E-state index contributed by atoms with van der Waals surface area (Å²) in [5, 5.41) is 10.7. The molecule has 2 aromatic carbocycles. The molecule has 1 aromatic heterocycles. The zero-order valence-electron chi connectivity index (χ0n) is 14.5. The van der Waals surface area contributed by atoms with Crippen LogP contribution >= 0.6 is 0 Å². The van der Waals surface area contributed by atoms with Crippen molar-refractivity contribution >= 4 is 5.91 Å². The average Bonchev–Trinajstić information content (AvgIpc) is 3.11. The molecule has 0 radical (unpaired) electrons. The number of carbonyl (C=O) groups is 1. The Balaban J connectivity index is 1.65. The molecule has 7 heteroatoms. The van der Waals surface area contributed by atoms with Crippen LogP contribution in [-0.4, -0.2) is 28.0 Å². The third-order valence-electron chi connectivity index (χ3n) is 3.98. The Kier molecular flexibility index (Phi) is 5.26. The molecule has 1 atom stereocenters. The Hall–Kier alpha value is -3.22. The number of hydrogen-bond donors (Lipinski definition) is 1. The second-order valence-corrected chi connectivity index (χ2v) is 5.88. The Morgan fingerprint density at radius 3 is 2.73 bits per heavy atom. The van der Waals surface area contributed by atoms with Crippen LogP contribution in [-0.2, 0) is 6.54 Å². The lowest BCUT2D eigenvalue weighted by atomic mass is 10.1. The highest BCUT2D eigenvalue weighted by Gasteiger charge is 2.16. The minimum absolute atomic E-state index is 0.163. The van der Waals surface area contributed by atoms with Crippen LogP contribution in [0.1, 0.15) is 34.6 Å². The van der Waals surface area contributed by atoms with Gasteiger partial charge in [0.1, 0.15) is 0 Å². The number of carbonyl (C=O) groups excluding carboxylic acids is 1. The van der Waals surface area contributed by atoms with Crippen molar-refractivity contribution in [2.45, 2.75) is 19.5 Å². The van der Waals surface area contributed by atoms with Crippen molar-refractivity contribution < 1.29 is 13.9 Å². The van der Waals surface area contributed by atoms with E-state index in [0.717, 1.165) is 5.56 Å². The first-order chi connectivity index (χ1) is 12.6. The monoisotopic (exact) mass is 354 g/mol. The quantitative estimate of drug-likeness (QED) is 0.739. The summed E-state index contributed by atoms with van der Waals surface area (Å²) in [6.45, 7) is 2.30. The molecule has 0 bridgehead atoms. The van der Waals surface area contributed by atoms with Crippen molar-refractivity contribution in [2.75, 3.05) is 7.11 Å². The summed E-state index contributed by atoms with van der Waals surface area (Å²) in [5.41, 5.74) is 1.90. The minimum atomic E-state index is -0.472. The van der Waals surface area contributed by atoms with E-state index < -0.39 is 5.82 Å². The van der Waals surface area contributed by atoms with Gasteiger partial charge in [-0.1, -0.05) is 41.6 Å². The molecule has 0 saturated carbocycles. The van der Waals surface area contributed by atoms with Gasteiger partial charge in [-0.25, -0.2) is 9.07 Å². The van der Waals surface area contributed by atoms with Gasteiger partial charge in [-0.15, -0.1) is 5.10 Å². The van der Waals surface area contributed by atoms with Crippen LogP contribution in [0.4, 0.5) is 4.39 Å². The van der Waals surface area contributed by atoms with Crippen molar-refractivity contribution in [3.63, 3.8) is 0 Å². The number of nitrogens with one attached hydrogen (secondary N) is 1. The molecule has 1 heterocycles. The number of ether oxygens (including phenoxy) is 1. The predicted molar refractivity (Wildman–Crippen MR) is 94.4 cm³/mol. The summed E-state index contributed by atoms with van der Waals surface area (Å²) in [4.78, 5) is 12.4. The van der Waals surface area contributed by atoms with Gasteiger partial charge in [-0.05, 0) is 30.2 Å². The first-order valence-corrected chi connectivity index (χ1v) is 8.15. The summed E-state index contributed by atoms with van der Waals surface area (Å²) in [6.07, 6.45) is 1.59. The van der Waals surface area contributed by atoms with Crippen LogP contribution in [0.3, 0.4) is 0 Å². The van der Waals surface area contributed by atoms with Crippen LogP contribution in [0.15, 0.2) is 54.7 Å². The number of methoxy groups -OCH3 is 1. The average molecular weight is 354 g/mol. The Bertz CT molecular complexity index is 896. The minimum Gasteiger partial charge on any atom is -0.494 e. The second-order valence-electron chi connectivity index (χ2n) is 5.88. The maximum absolute atomic E-state index is 13.8. The molecule has 0 unspecified atom stereocenters. The van der Waals surface area contributed by atoms with E-state index in [1.807, 2.05) is 30.3 Å². The fourth-order valence-corrected chi connectivity index (χ4v) is 2.56. The van der Waals surface area contributed by atoms with E-state index in [1.54, 1.807) is 23.9 Å². The topological polar surface area (TPSA) is 69.0 Å². The summed E-state index contributed by atoms with van der Waals surface area (Å²) in [5.74, 6) is -0.677. The third-order valence-corrected chi connectivity index (χ3v) is 3.98. The highest BCUT2D eigenvalue weighted by atomic mass is 19.1. The summed E-state index contributed by atoms with van der Waals surface area (Å²) in [6, 6.07) is 14.0. The van der Waals surface area contributed by atoms with Crippen LogP contribution in [0.2, 0.25) is 0 Å². The van der Waals surface area contributed by atoms with Gasteiger partial charge in [0.2, 0.25) is 0 Å². The number of rotatable bonds is 6. The molecule has 0 aliphatic rings. The molecule has 3 rings (SSSR count). The van der Waals surface area contributed by atoms with Crippen molar-refractivity contribution in [3.05, 3.63) is 77.4 Å². The summed E-state index contributed by atoms with van der Waals surface area (Å²) in [7, 11) is 1.40. The molecule has 6 nitrogen and oxygen atoms in total. The number of nitrogens with zero attached hydrogens (tertiary/aromatic N) is 3. The SMILES string of the molecule is COc1ccc([C@H](C)NC(=O)c2cn(Cc3ccccc3)nn2)cc1F. The van der Waals surface area contributed by atoms with E-state index in [9.17, 15) is 9.18 Å². The summed E-state index contributed by atoms with van der Waals surface area (Å²) < 4.78 is 20.3. The molecule has 0 fully saturated rings. The van der Waals surface area contributed by atoms with Crippen LogP contribution in [0.25, 0.3) is 0 Å².